The van der Waals surface area contributed by atoms with E-state index in [0.29, 0.717) is 18.1 Å². The minimum absolute atomic E-state index is 0.0233. The van der Waals surface area contributed by atoms with E-state index in [0.717, 1.165) is 5.69 Å². The summed E-state index contributed by atoms with van der Waals surface area (Å²) in [5.41, 5.74) is 0.706. The third kappa shape index (κ3) is 1.88. The highest BCUT2D eigenvalue weighted by Gasteiger charge is 2.26. The minimum Gasteiger partial charge on any atom is -0.389 e. The molecule has 0 saturated carbocycles. The van der Waals surface area contributed by atoms with E-state index >= 15 is 0 Å². The van der Waals surface area contributed by atoms with Crippen molar-refractivity contribution in [3.8, 4) is 0 Å². The van der Waals surface area contributed by atoms with Gasteiger partial charge in [-0.25, -0.2) is 0 Å². The number of nitrogens with zero attached hydrogens (tertiary/aromatic N) is 2. The molecule has 1 aliphatic heterocycles. The zero-order chi connectivity index (χ0) is 11.0. The molecule has 1 aromatic rings. The van der Waals surface area contributed by atoms with Gasteiger partial charge in [0.15, 0.2) is 0 Å². The molecule has 0 bridgehead atoms. The lowest BCUT2D eigenvalue weighted by molar-refractivity contribution is -0.384. The van der Waals surface area contributed by atoms with E-state index in [4.69, 9.17) is 16.7 Å². The molecular weight excluding hydrogens is 220 g/mol. The van der Waals surface area contributed by atoms with E-state index in [1.807, 2.05) is 4.90 Å². The highest BCUT2D eigenvalue weighted by atomic mass is 35.5. The van der Waals surface area contributed by atoms with Gasteiger partial charge < -0.3 is 10.0 Å². The zero-order valence-electron chi connectivity index (χ0n) is 7.76. The predicted molar refractivity (Wildman–Crippen MR) is 56.3 cm³/mol. The summed E-state index contributed by atoms with van der Waals surface area (Å²) in [6.07, 6.45) is -0.323. The van der Waals surface area contributed by atoms with Gasteiger partial charge >= 0.3 is 0 Å². The maximum atomic E-state index is 10.5. The largest absolute Gasteiger partial charge is 0.389 e. The second-order valence-electron chi connectivity index (χ2n) is 3.45. The molecule has 2 rings (SSSR count). The molecular formula is C9H9ClN2O3. The first-order chi connectivity index (χ1) is 7.08. The Kier molecular flexibility index (Phi) is 2.50. The molecule has 0 amide bonds. The van der Waals surface area contributed by atoms with Crippen LogP contribution in [0.25, 0.3) is 0 Å². The lowest BCUT2D eigenvalue weighted by Gasteiger charge is -2.38. The lowest BCUT2D eigenvalue weighted by atomic mass is 10.1. The Bertz CT molecular complexity index is 404. The number of nitro benzene ring substituents is 1. The Hall–Kier alpha value is -1.33. The van der Waals surface area contributed by atoms with Crippen molar-refractivity contribution in [2.75, 3.05) is 18.0 Å². The Labute approximate surface area is 91.0 Å². The van der Waals surface area contributed by atoms with E-state index in [1.54, 1.807) is 6.07 Å². The maximum Gasteiger partial charge on any atom is 0.271 e. The summed E-state index contributed by atoms with van der Waals surface area (Å²) >= 11 is 5.90. The van der Waals surface area contributed by atoms with E-state index in [2.05, 4.69) is 0 Å². The molecule has 1 aromatic carbocycles. The number of benzene rings is 1. The monoisotopic (exact) mass is 228 g/mol. The van der Waals surface area contributed by atoms with Crippen molar-refractivity contribution in [1.82, 2.24) is 0 Å². The second kappa shape index (κ2) is 3.67. The topological polar surface area (TPSA) is 66.6 Å². The van der Waals surface area contributed by atoms with Gasteiger partial charge in [0.1, 0.15) is 0 Å². The summed E-state index contributed by atoms with van der Waals surface area (Å²) in [5, 5.41) is 19.9. The maximum absolute atomic E-state index is 10.5. The van der Waals surface area contributed by atoms with Crippen LogP contribution in [-0.2, 0) is 0 Å². The molecule has 0 atom stereocenters. The number of non-ortho nitro benzene ring substituents is 1. The van der Waals surface area contributed by atoms with Gasteiger partial charge in [-0.1, -0.05) is 11.6 Å². The van der Waals surface area contributed by atoms with Crippen molar-refractivity contribution in [3.63, 3.8) is 0 Å². The Balaban J connectivity index is 2.23. The van der Waals surface area contributed by atoms with Crippen LogP contribution in [0.2, 0.25) is 5.02 Å². The van der Waals surface area contributed by atoms with Crippen LogP contribution >= 0.6 is 11.6 Å². The predicted octanol–water partition coefficient (Wildman–Crippen LogP) is 1.43. The van der Waals surface area contributed by atoms with Crippen molar-refractivity contribution >= 4 is 23.0 Å². The second-order valence-corrected chi connectivity index (χ2v) is 3.86. The molecule has 1 aliphatic rings. The van der Waals surface area contributed by atoms with Gasteiger partial charge in [0, 0.05) is 25.2 Å². The molecule has 1 saturated heterocycles. The molecule has 5 nitrogen and oxygen atoms in total. The van der Waals surface area contributed by atoms with Gasteiger partial charge in [0.25, 0.3) is 5.69 Å². The summed E-state index contributed by atoms with van der Waals surface area (Å²) in [6, 6.07) is 4.33. The molecule has 6 heteroatoms. The summed E-state index contributed by atoms with van der Waals surface area (Å²) in [6.45, 7) is 1.05. The highest BCUT2D eigenvalue weighted by Crippen LogP contribution is 2.32. The molecule has 1 N–H and O–H groups in total. The molecule has 0 unspecified atom stereocenters. The van der Waals surface area contributed by atoms with Crippen LogP contribution in [0.3, 0.4) is 0 Å². The van der Waals surface area contributed by atoms with E-state index < -0.39 is 4.92 Å². The Morgan fingerprint density at radius 1 is 1.53 bits per heavy atom. The minimum atomic E-state index is -0.486. The van der Waals surface area contributed by atoms with E-state index in [1.165, 1.54) is 12.1 Å². The number of β-amino-alcohol motifs (C(OH)–C–C–N with tert-alkyl or cyclic N) is 1. The van der Waals surface area contributed by atoms with Gasteiger partial charge in [-0.15, -0.1) is 0 Å². The number of aliphatic hydroxyl groups excluding tert-OH is 1. The van der Waals surface area contributed by atoms with Crippen LogP contribution in [0.15, 0.2) is 18.2 Å². The fourth-order valence-electron chi connectivity index (χ4n) is 1.52. The average molecular weight is 229 g/mol. The normalized spacial score (nSPS) is 16.3. The average Bonchev–Trinajstić information content (AvgIpc) is 2.13. The van der Waals surface area contributed by atoms with E-state index in [-0.39, 0.29) is 11.8 Å². The van der Waals surface area contributed by atoms with Crippen LogP contribution < -0.4 is 4.90 Å². The van der Waals surface area contributed by atoms with Gasteiger partial charge in [-0.3, -0.25) is 10.1 Å². The SMILES string of the molecule is O=[N+]([O-])c1ccc(N2CC(O)C2)c(Cl)c1. The van der Waals surface area contributed by atoms with Crippen LogP contribution in [0.1, 0.15) is 0 Å². The van der Waals surface area contributed by atoms with Crippen molar-refractivity contribution in [1.29, 1.82) is 0 Å². The molecule has 1 heterocycles. The first-order valence-electron chi connectivity index (χ1n) is 4.45. The zero-order valence-corrected chi connectivity index (χ0v) is 8.52. The molecule has 0 radical (unpaired) electrons. The van der Waals surface area contributed by atoms with Gasteiger partial charge in [-0.2, -0.15) is 0 Å². The van der Waals surface area contributed by atoms with Crippen molar-refractivity contribution in [2.24, 2.45) is 0 Å². The summed E-state index contributed by atoms with van der Waals surface area (Å²) in [4.78, 5) is 11.8. The fraction of sp³-hybridized carbons (Fsp3) is 0.333. The number of aliphatic hydroxyl groups is 1. The smallest absolute Gasteiger partial charge is 0.271 e. The molecule has 80 valence electrons. The van der Waals surface area contributed by atoms with Crippen LogP contribution in [0.5, 0.6) is 0 Å². The van der Waals surface area contributed by atoms with Gasteiger partial charge in [0.2, 0.25) is 0 Å². The third-order valence-corrected chi connectivity index (χ3v) is 2.65. The van der Waals surface area contributed by atoms with Crippen molar-refractivity contribution in [2.45, 2.75) is 6.10 Å². The number of rotatable bonds is 2. The molecule has 1 fully saturated rings. The number of hydrogen-bond acceptors (Lipinski definition) is 4. The summed E-state index contributed by atoms with van der Waals surface area (Å²) in [5.74, 6) is 0. The lowest BCUT2D eigenvalue weighted by Crippen LogP contribution is -2.50. The first-order valence-corrected chi connectivity index (χ1v) is 4.82. The first kappa shape index (κ1) is 10.2. The number of hydrogen-bond donors (Lipinski definition) is 1. The van der Waals surface area contributed by atoms with E-state index in [9.17, 15) is 10.1 Å². The highest BCUT2D eigenvalue weighted by molar-refractivity contribution is 6.33. The van der Waals surface area contributed by atoms with Crippen LogP contribution in [-0.4, -0.2) is 29.2 Å². The fourth-order valence-corrected chi connectivity index (χ4v) is 1.81. The van der Waals surface area contributed by atoms with Gasteiger partial charge in [-0.05, 0) is 6.07 Å². The Morgan fingerprint density at radius 2 is 2.20 bits per heavy atom. The molecule has 15 heavy (non-hydrogen) atoms. The summed E-state index contributed by atoms with van der Waals surface area (Å²) in [7, 11) is 0. The standard InChI is InChI=1S/C9H9ClN2O3/c10-8-3-6(12(14)15)1-2-9(8)11-4-7(13)5-11/h1-3,7,13H,4-5H2. The quantitative estimate of drug-likeness (QED) is 0.614. The summed E-state index contributed by atoms with van der Waals surface area (Å²) < 4.78 is 0. The third-order valence-electron chi connectivity index (χ3n) is 2.35. The molecule has 0 aliphatic carbocycles. The number of halogens is 1. The number of anilines is 1. The Morgan fingerprint density at radius 3 is 2.67 bits per heavy atom. The number of nitro groups is 1. The van der Waals surface area contributed by atoms with Crippen LogP contribution in [0, 0.1) is 10.1 Å². The van der Waals surface area contributed by atoms with Crippen molar-refractivity contribution in [3.05, 3.63) is 33.3 Å². The van der Waals surface area contributed by atoms with Crippen LogP contribution in [0.4, 0.5) is 11.4 Å². The molecule has 0 aromatic heterocycles. The van der Waals surface area contributed by atoms with Crippen molar-refractivity contribution < 1.29 is 10.0 Å². The van der Waals surface area contributed by atoms with Gasteiger partial charge in [0.05, 0.1) is 21.7 Å². The molecule has 0 spiro atoms.